The van der Waals surface area contributed by atoms with Crippen molar-refractivity contribution in [2.45, 2.75) is 0 Å². The third kappa shape index (κ3) is 1.80. The molecule has 0 bridgehead atoms. The first-order chi connectivity index (χ1) is 7.59. The summed E-state index contributed by atoms with van der Waals surface area (Å²) in [6.45, 7) is 0.867. The fourth-order valence-corrected chi connectivity index (χ4v) is 1.63. The molecule has 1 aliphatic heterocycles. The lowest BCUT2D eigenvalue weighted by Crippen LogP contribution is -2.43. The van der Waals surface area contributed by atoms with Gasteiger partial charge in [-0.2, -0.15) is 0 Å². The molecule has 0 saturated carbocycles. The standard InChI is InChI=1S/C11H13FN2O2/c1-13(2)11(15)14-5-6-16-10-4-3-8(12)7-9(10)14/h3-4,7H,5-6H2,1-2H3. The molecule has 0 aromatic heterocycles. The number of fused-ring (bicyclic) bond motifs is 1. The van der Waals surface area contributed by atoms with Gasteiger partial charge in [-0.25, -0.2) is 9.18 Å². The highest BCUT2D eigenvalue weighted by Crippen LogP contribution is 2.32. The number of ether oxygens (including phenoxy) is 1. The van der Waals surface area contributed by atoms with Crippen LogP contribution in [0, 0.1) is 5.82 Å². The molecule has 0 N–H and O–H groups in total. The van der Waals surface area contributed by atoms with Crippen LogP contribution in [-0.2, 0) is 0 Å². The summed E-state index contributed by atoms with van der Waals surface area (Å²) in [4.78, 5) is 14.8. The molecular weight excluding hydrogens is 211 g/mol. The number of benzene rings is 1. The maximum Gasteiger partial charge on any atom is 0.324 e. The van der Waals surface area contributed by atoms with Crippen molar-refractivity contribution in [3.8, 4) is 5.75 Å². The Morgan fingerprint density at radius 3 is 2.94 bits per heavy atom. The number of urea groups is 1. The Kier molecular flexibility index (Phi) is 2.68. The third-order valence-electron chi connectivity index (χ3n) is 2.40. The van der Waals surface area contributed by atoms with Gasteiger partial charge in [0.25, 0.3) is 0 Å². The summed E-state index contributed by atoms with van der Waals surface area (Å²) >= 11 is 0. The molecule has 1 heterocycles. The second kappa shape index (κ2) is 4.00. The average molecular weight is 224 g/mol. The van der Waals surface area contributed by atoms with E-state index in [-0.39, 0.29) is 11.8 Å². The highest BCUT2D eigenvalue weighted by molar-refractivity contribution is 5.93. The lowest BCUT2D eigenvalue weighted by atomic mass is 10.2. The summed E-state index contributed by atoms with van der Waals surface area (Å²) in [5.74, 6) is 0.170. The van der Waals surface area contributed by atoms with Gasteiger partial charge >= 0.3 is 6.03 Å². The Morgan fingerprint density at radius 1 is 1.50 bits per heavy atom. The first-order valence-electron chi connectivity index (χ1n) is 5.01. The summed E-state index contributed by atoms with van der Waals surface area (Å²) in [5.41, 5.74) is 0.491. The van der Waals surface area contributed by atoms with E-state index >= 15 is 0 Å². The quantitative estimate of drug-likeness (QED) is 0.672. The molecule has 0 fully saturated rings. The number of carbonyl (C=O) groups is 1. The van der Waals surface area contributed by atoms with Crippen LogP contribution in [0.4, 0.5) is 14.9 Å². The fourth-order valence-electron chi connectivity index (χ4n) is 1.63. The molecule has 0 aliphatic carbocycles. The predicted octanol–water partition coefficient (Wildman–Crippen LogP) is 1.71. The summed E-state index contributed by atoms with van der Waals surface area (Å²) in [7, 11) is 3.33. The Morgan fingerprint density at radius 2 is 2.25 bits per heavy atom. The third-order valence-corrected chi connectivity index (χ3v) is 2.40. The van der Waals surface area contributed by atoms with Crippen LogP contribution in [0.1, 0.15) is 0 Å². The fraction of sp³-hybridized carbons (Fsp3) is 0.364. The van der Waals surface area contributed by atoms with E-state index in [9.17, 15) is 9.18 Å². The Balaban J connectivity index is 2.39. The van der Waals surface area contributed by atoms with E-state index in [0.29, 0.717) is 24.6 Å². The smallest absolute Gasteiger partial charge is 0.324 e. The Bertz CT molecular complexity index is 420. The first-order valence-corrected chi connectivity index (χ1v) is 5.01. The number of hydrogen-bond acceptors (Lipinski definition) is 2. The molecular formula is C11H13FN2O2. The topological polar surface area (TPSA) is 32.8 Å². The second-order valence-electron chi connectivity index (χ2n) is 3.79. The molecule has 4 nitrogen and oxygen atoms in total. The van der Waals surface area contributed by atoms with Crippen molar-refractivity contribution in [3.63, 3.8) is 0 Å². The number of hydrogen-bond donors (Lipinski definition) is 0. The van der Waals surface area contributed by atoms with Crippen molar-refractivity contribution in [1.82, 2.24) is 4.90 Å². The summed E-state index contributed by atoms with van der Waals surface area (Å²) in [5, 5.41) is 0. The van der Waals surface area contributed by atoms with Crippen LogP contribution in [0.3, 0.4) is 0 Å². The molecule has 16 heavy (non-hydrogen) atoms. The molecule has 1 aromatic rings. The van der Waals surface area contributed by atoms with Crippen molar-refractivity contribution < 1.29 is 13.9 Å². The number of rotatable bonds is 0. The molecule has 2 rings (SSSR count). The first kappa shape index (κ1) is 10.7. The largest absolute Gasteiger partial charge is 0.490 e. The Hall–Kier alpha value is -1.78. The lowest BCUT2D eigenvalue weighted by Gasteiger charge is -2.31. The number of anilines is 1. The van der Waals surface area contributed by atoms with Gasteiger partial charge in [-0.1, -0.05) is 0 Å². The molecule has 1 aliphatic rings. The van der Waals surface area contributed by atoms with Crippen LogP contribution >= 0.6 is 0 Å². The minimum absolute atomic E-state index is 0.171. The van der Waals surface area contributed by atoms with Crippen LogP contribution in [0.25, 0.3) is 0 Å². The van der Waals surface area contributed by atoms with E-state index in [0.717, 1.165) is 0 Å². The van der Waals surface area contributed by atoms with E-state index in [4.69, 9.17) is 4.74 Å². The maximum absolute atomic E-state index is 13.1. The molecule has 2 amide bonds. The van der Waals surface area contributed by atoms with Gasteiger partial charge in [0.15, 0.2) is 0 Å². The van der Waals surface area contributed by atoms with E-state index < -0.39 is 0 Å². The van der Waals surface area contributed by atoms with Crippen LogP contribution in [0.2, 0.25) is 0 Å². The van der Waals surface area contributed by atoms with Crippen molar-refractivity contribution in [3.05, 3.63) is 24.0 Å². The van der Waals surface area contributed by atoms with Crippen molar-refractivity contribution >= 4 is 11.7 Å². The van der Waals surface area contributed by atoms with Crippen LogP contribution < -0.4 is 9.64 Å². The highest BCUT2D eigenvalue weighted by Gasteiger charge is 2.25. The molecule has 1 aromatic carbocycles. The normalized spacial score (nSPS) is 14.1. The Labute approximate surface area is 93.2 Å². The lowest BCUT2D eigenvalue weighted by molar-refractivity contribution is 0.218. The zero-order valence-electron chi connectivity index (χ0n) is 9.24. The number of amides is 2. The molecule has 0 saturated heterocycles. The van der Waals surface area contributed by atoms with Crippen LogP contribution in [0.15, 0.2) is 18.2 Å². The van der Waals surface area contributed by atoms with Crippen molar-refractivity contribution in [2.24, 2.45) is 0 Å². The van der Waals surface area contributed by atoms with E-state index in [1.807, 2.05) is 0 Å². The SMILES string of the molecule is CN(C)C(=O)N1CCOc2ccc(F)cc21. The van der Waals surface area contributed by atoms with Crippen LogP contribution in [-0.4, -0.2) is 38.2 Å². The maximum atomic E-state index is 13.1. The van der Waals surface area contributed by atoms with Crippen LogP contribution in [0.5, 0.6) is 5.75 Å². The van der Waals surface area contributed by atoms with Crippen molar-refractivity contribution in [2.75, 3.05) is 32.1 Å². The van der Waals surface area contributed by atoms with E-state index in [1.54, 1.807) is 20.2 Å². The summed E-state index contributed by atoms with van der Waals surface area (Å²) in [6, 6.07) is 4.01. The zero-order chi connectivity index (χ0) is 11.7. The van der Waals surface area contributed by atoms with E-state index in [2.05, 4.69) is 0 Å². The molecule has 0 atom stereocenters. The molecule has 0 unspecified atom stereocenters. The van der Waals surface area contributed by atoms with Crippen molar-refractivity contribution in [1.29, 1.82) is 0 Å². The van der Waals surface area contributed by atoms with Gasteiger partial charge in [0.1, 0.15) is 18.2 Å². The number of carbonyl (C=O) groups excluding carboxylic acids is 1. The number of nitrogens with zero attached hydrogens (tertiary/aromatic N) is 2. The molecule has 0 radical (unpaired) electrons. The highest BCUT2D eigenvalue weighted by atomic mass is 19.1. The minimum Gasteiger partial charge on any atom is -0.490 e. The van der Waals surface area contributed by atoms with Gasteiger partial charge in [-0.05, 0) is 12.1 Å². The van der Waals surface area contributed by atoms with Gasteiger partial charge in [-0.15, -0.1) is 0 Å². The zero-order valence-corrected chi connectivity index (χ0v) is 9.24. The molecule has 0 spiro atoms. The summed E-state index contributed by atoms with van der Waals surface area (Å²) < 4.78 is 18.5. The number of halogens is 1. The van der Waals surface area contributed by atoms with Gasteiger partial charge in [0.2, 0.25) is 0 Å². The monoisotopic (exact) mass is 224 g/mol. The minimum atomic E-state index is -0.374. The van der Waals surface area contributed by atoms with E-state index in [1.165, 1.54) is 21.9 Å². The van der Waals surface area contributed by atoms with Gasteiger partial charge in [-0.3, -0.25) is 4.90 Å². The molecule has 5 heteroatoms. The van der Waals surface area contributed by atoms with Gasteiger partial charge in [0, 0.05) is 20.2 Å². The average Bonchev–Trinajstić information content (AvgIpc) is 2.27. The second-order valence-corrected chi connectivity index (χ2v) is 3.79. The summed E-state index contributed by atoms with van der Waals surface area (Å²) in [6.07, 6.45) is 0. The van der Waals surface area contributed by atoms with Gasteiger partial charge < -0.3 is 9.64 Å². The van der Waals surface area contributed by atoms with Gasteiger partial charge in [0.05, 0.1) is 12.2 Å². The molecule has 86 valence electrons. The predicted molar refractivity (Wildman–Crippen MR) is 58.3 cm³/mol.